The summed E-state index contributed by atoms with van der Waals surface area (Å²) in [6.45, 7) is 7.28. The molecule has 0 saturated heterocycles. The number of guanidine groups is 1. The van der Waals surface area contributed by atoms with Gasteiger partial charge in [0, 0.05) is 37.4 Å². The number of rotatable bonds is 18. The number of halogens is 2. The molecule has 12 heteroatoms. The van der Waals surface area contributed by atoms with E-state index >= 15 is 0 Å². The largest absolute Gasteiger partial charge is 0.370 e. The molecule has 0 fully saturated rings. The quantitative estimate of drug-likeness (QED) is 0.0808. The maximum atomic E-state index is 11.3. The molecule has 0 rings (SSSR count). The molecule has 0 aromatic carbocycles. The molecular formula is C25H59BrClN9O. The van der Waals surface area contributed by atoms with Crippen LogP contribution in [-0.2, 0) is 0 Å². The highest BCUT2D eigenvalue weighted by molar-refractivity contribution is 9.09. The van der Waals surface area contributed by atoms with Crippen molar-refractivity contribution >= 4 is 39.5 Å². The van der Waals surface area contributed by atoms with Crippen LogP contribution in [0.5, 0.6) is 0 Å². The number of hydrogen-bond acceptors (Lipinski definition) is 6. The Morgan fingerprint density at radius 2 is 1.08 bits per heavy atom. The summed E-state index contributed by atoms with van der Waals surface area (Å²) in [6.07, 6.45) is 5.17. The third-order valence-corrected chi connectivity index (χ3v) is 5.36. The minimum absolute atomic E-state index is 0.0579. The molecule has 0 aliphatic carbocycles. The van der Waals surface area contributed by atoms with Crippen molar-refractivity contribution in [3.63, 3.8) is 0 Å². The molecule has 0 atom stereocenters. The van der Waals surface area contributed by atoms with Gasteiger partial charge in [-0.2, -0.15) is 0 Å². The second-order valence-electron chi connectivity index (χ2n) is 9.74. The van der Waals surface area contributed by atoms with E-state index in [4.69, 9.17) is 17.3 Å². The Kier molecular flexibility index (Phi) is 34.5. The zero-order valence-electron chi connectivity index (χ0n) is 25.1. The first kappa shape index (κ1) is 40.6. The number of nitrogens with two attached hydrogens (primary N) is 1. The molecule has 0 spiro atoms. The van der Waals surface area contributed by atoms with Crippen molar-refractivity contribution in [2.24, 2.45) is 10.7 Å². The molecule has 37 heavy (non-hydrogen) atoms. The van der Waals surface area contributed by atoms with Crippen LogP contribution in [0.2, 0.25) is 0 Å². The lowest BCUT2D eigenvalue weighted by Crippen LogP contribution is -2.37. The van der Waals surface area contributed by atoms with Crippen LogP contribution in [0.15, 0.2) is 4.99 Å². The van der Waals surface area contributed by atoms with Crippen molar-refractivity contribution in [2.75, 3.05) is 120 Å². The Labute approximate surface area is 242 Å². The second kappa shape index (κ2) is 31.4. The summed E-state index contributed by atoms with van der Waals surface area (Å²) in [5, 5.41) is 9.81. The molecule has 2 amide bonds. The lowest BCUT2D eigenvalue weighted by atomic mass is 10.4. The van der Waals surface area contributed by atoms with E-state index in [1.165, 1.54) is 0 Å². The van der Waals surface area contributed by atoms with Crippen LogP contribution >= 0.6 is 27.5 Å². The monoisotopic (exact) mass is 615 g/mol. The van der Waals surface area contributed by atoms with Gasteiger partial charge >= 0.3 is 6.03 Å². The first-order valence-corrected chi connectivity index (χ1v) is 14.9. The van der Waals surface area contributed by atoms with E-state index < -0.39 is 0 Å². The molecule has 0 bridgehead atoms. The topological polar surface area (TPSA) is 104 Å². The normalized spacial score (nSPS) is 11.2. The molecule has 0 unspecified atom stereocenters. The van der Waals surface area contributed by atoms with Crippen LogP contribution in [0.3, 0.4) is 0 Å². The average molecular weight is 617 g/mol. The molecule has 5 N–H and O–H groups in total. The highest BCUT2D eigenvalue weighted by Crippen LogP contribution is 1.88. The molecule has 0 saturated carbocycles. The lowest BCUT2D eigenvalue weighted by molar-refractivity contribution is 0.239. The lowest BCUT2D eigenvalue weighted by Gasteiger charge is -2.12. The van der Waals surface area contributed by atoms with Crippen molar-refractivity contribution in [1.29, 1.82) is 0 Å². The van der Waals surface area contributed by atoms with E-state index in [0.29, 0.717) is 5.96 Å². The Balaban J connectivity index is -0.000000528. The highest BCUT2D eigenvalue weighted by atomic mass is 79.9. The van der Waals surface area contributed by atoms with Gasteiger partial charge in [0.25, 0.3) is 0 Å². The Morgan fingerprint density at radius 3 is 1.41 bits per heavy atom. The molecule has 0 aromatic heterocycles. The van der Waals surface area contributed by atoms with Crippen LogP contribution in [0.1, 0.15) is 32.1 Å². The van der Waals surface area contributed by atoms with Gasteiger partial charge in [-0.05, 0) is 115 Å². The number of aliphatic imine (C=N–C) groups is 1. The highest BCUT2D eigenvalue weighted by Gasteiger charge is 1.99. The molecule has 0 radical (unpaired) electrons. The maximum absolute atomic E-state index is 11.3. The first-order chi connectivity index (χ1) is 17.5. The summed E-state index contributed by atoms with van der Waals surface area (Å²) in [5.74, 6) is 1.34. The summed E-state index contributed by atoms with van der Waals surface area (Å²) >= 11 is 8.50. The van der Waals surface area contributed by atoms with Crippen molar-refractivity contribution in [2.45, 2.75) is 32.1 Å². The molecule has 0 heterocycles. The van der Waals surface area contributed by atoms with Crippen LogP contribution < -0.4 is 21.7 Å². The molecule has 0 aliphatic heterocycles. The van der Waals surface area contributed by atoms with Crippen LogP contribution in [0, 0.1) is 0 Å². The predicted octanol–water partition coefficient (Wildman–Crippen LogP) is 1.99. The Hall–Kier alpha value is -0.850. The fraction of sp³-hybridized carbons (Fsp3) is 0.920. The van der Waals surface area contributed by atoms with Gasteiger partial charge in [-0.25, -0.2) is 4.79 Å². The number of urea groups is 1. The predicted molar refractivity (Wildman–Crippen MR) is 168 cm³/mol. The minimum atomic E-state index is -0.0579. The van der Waals surface area contributed by atoms with E-state index in [1.54, 1.807) is 0 Å². The fourth-order valence-corrected chi connectivity index (χ4v) is 3.30. The number of nitrogens with zero attached hydrogens (tertiary/aromatic N) is 5. The van der Waals surface area contributed by atoms with Crippen molar-refractivity contribution < 1.29 is 4.79 Å². The summed E-state index contributed by atoms with van der Waals surface area (Å²) in [4.78, 5) is 24.1. The van der Waals surface area contributed by atoms with E-state index in [9.17, 15) is 4.79 Å². The first-order valence-electron chi connectivity index (χ1n) is 13.2. The van der Waals surface area contributed by atoms with Gasteiger partial charge in [-0.15, -0.1) is 11.6 Å². The SMILES string of the molecule is CN(C)CCCN=C(N)NCCCN(C)C.CN(C)CCCNC(=O)NCCCN(C)C.ClCCCBr. The Bertz CT molecular complexity index is 491. The van der Waals surface area contributed by atoms with Gasteiger partial charge in [0.15, 0.2) is 5.96 Å². The summed E-state index contributed by atoms with van der Waals surface area (Å²) in [6, 6.07) is -0.0579. The minimum Gasteiger partial charge on any atom is -0.370 e. The maximum Gasteiger partial charge on any atom is 0.314 e. The number of hydrogen-bond donors (Lipinski definition) is 4. The zero-order valence-corrected chi connectivity index (χ0v) is 27.4. The number of alkyl halides is 2. The smallest absolute Gasteiger partial charge is 0.314 e. The van der Waals surface area contributed by atoms with Gasteiger partial charge in [0.2, 0.25) is 0 Å². The molecular weight excluding hydrogens is 558 g/mol. The number of amides is 2. The zero-order chi connectivity index (χ0) is 28.9. The van der Waals surface area contributed by atoms with E-state index in [2.05, 4.69) is 84.7 Å². The van der Waals surface area contributed by atoms with Crippen molar-refractivity contribution in [3.05, 3.63) is 0 Å². The Morgan fingerprint density at radius 1 is 0.703 bits per heavy atom. The van der Waals surface area contributed by atoms with Crippen LogP contribution in [0.4, 0.5) is 4.79 Å². The molecule has 0 aliphatic rings. The van der Waals surface area contributed by atoms with Gasteiger partial charge in [0.1, 0.15) is 0 Å². The fourth-order valence-electron chi connectivity index (χ4n) is 2.56. The summed E-state index contributed by atoms with van der Waals surface area (Å²) in [7, 11) is 16.4. The van der Waals surface area contributed by atoms with E-state index in [0.717, 1.165) is 95.7 Å². The third-order valence-electron chi connectivity index (χ3n) is 4.54. The summed E-state index contributed by atoms with van der Waals surface area (Å²) in [5.41, 5.74) is 5.72. The molecule has 0 aromatic rings. The van der Waals surface area contributed by atoms with Gasteiger partial charge in [-0.3, -0.25) is 4.99 Å². The summed E-state index contributed by atoms with van der Waals surface area (Å²) < 4.78 is 0. The van der Waals surface area contributed by atoms with Gasteiger partial charge in [0.05, 0.1) is 0 Å². The van der Waals surface area contributed by atoms with Crippen molar-refractivity contribution in [1.82, 2.24) is 35.6 Å². The molecule has 10 nitrogen and oxygen atoms in total. The molecule has 224 valence electrons. The number of carbonyl (C=O) groups is 1. The number of nitrogens with one attached hydrogen (secondary N) is 3. The second-order valence-corrected chi connectivity index (χ2v) is 10.9. The van der Waals surface area contributed by atoms with Crippen molar-refractivity contribution in [3.8, 4) is 0 Å². The van der Waals surface area contributed by atoms with Crippen LogP contribution in [-0.4, -0.2) is 152 Å². The third kappa shape index (κ3) is 45.5. The van der Waals surface area contributed by atoms with Gasteiger partial charge in [-0.1, -0.05) is 15.9 Å². The average Bonchev–Trinajstić information content (AvgIpc) is 2.81. The van der Waals surface area contributed by atoms with E-state index in [1.807, 2.05) is 28.2 Å². The van der Waals surface area contributed by atoms with E-state index in [-0.39, 0.29) is 6.03 Å². The standard InChI is InChI=1S/C11H27N5.C11H26N4O.C3H6BrCl/c1-15(2)9-5-7-13-11(12)14-8-6-10-16(3)4;1-14(2)9-5-7-12-11(16)13-8-6-10-15(3)4;4-2-1-3-5/h5-10H2,1-4H3,(H3,12,13,14);5-10H2,1-4H3,(H2,12,13,16);1-3H2. The van der Waals surface area contributed by atoms with Crippen LogP contribution in [0.25, 0.3) is 0 Å². The van der Waals surface area contributed by atoms with Gasteiger partial charge < -0.3 is 41.3 Å². The number of carbonyl (C=O) groups excluding carboxylic acids is 1.